The number of nitrogens with zero attached hydrogens (tertiary/aromatic N) is 4. The second-order valence-corrected chi connectivity index (χ2v) is 8.94. The van der Waals surface area contributed by atoms with Gasteiger partial charge in [0.2, 0.25) is 0 Å². The Morgan fingerprint density at radius 2 is 1.71 bits per heavy atom. The number of hydrogen-bond acceptors (Lipinski definition) is 4. The number of fused-ring (bicyclic) bond motifs is 1. The van der Waals surface area contributed by atoms with Crippen molar-refractivity contribution in [1.82, 2.24) is 14.3 Å². The van der Waals surface area contributed by atoms with E-state index >= 15 is 0 Å². The Labute approximate surface area is 173 Å². The topological polar surface area (TPSA) is 23.8 Å². The van der Waals surface area contributed by atoms with Crippen LogP contribution in [0.4, 0.5) is 5.69 Å². The van der Waals surface area contributed by atoms with Gasteiger partial charge in [0.15, 0.2) is 0 Å². The Balaban J connectivity index is 1.42. The minimum Gasteiger partial charge on any atom is -0.369 e. The summed E-state index contributed by atoms with van der Waals surface area (Å²) in [7, 11) is 2.19. The molecule has 28 heavy (non-hydrogen) atoms. The third kappa shape index (κ3) is 3.30. The number of rotatable bonds is 3. The summed E-state index contributed by atoms with van der Waals surface area (Å²) in [5.41, 5.74) is 5.71. The molecular weight excluding hydrogens is 388 g/mol. The largest absolute Gasteiger partial charge is 0.369 e. The first-order chi connectivity index (χ1) is 13.7. The molecule has 6 heteroatoms. The third-order valence-electron chi connectivity index (χ3n) is 5.41. The van der Waals surface area contributed by atoms with Gasteiger partial charge in [-0.15, -0.1) is 11.3 Å². The molecule has 3 aromatic heterocycles. The zero-order valence-electron chi connectivity index (χ0n) is 15.7. The second-order valence-electron chi connectivity index (χ2n) is 7.23. The predicted octanol–water partition coefficient (Wildman–Crippen LogP) is 5.14. The monoisotopic (exact) mass is 408 g/mol. The fraction of sp³-hybridized carbons (Fsp3) is 0.227. The molecule has 4 aromatic rings. The first kappa shape index (κ1) is 17.7. The smallest absolute Gasteiger partial charge is 0.137 e. The van der Waals surface area contributed by atoms with E-state index in [0.29, 0.717) is 0 Å². The van der Waals surface area contributed by atoms with Crippen LogP contribution < -0.4 is 4.90 Å². The van der Waals surface area contributed by atoms with E-state index in [-0.39, 0.29) is 0 Å². The number of likely N-dealkylation sites (N-methyl/N-ethyl adjacent to an activating group) is 1. The lowest BCUT2D eigenvalue weighted by Crippen LogP contribution is -2.44. The third-order valence-corrected chi connectivity index (χ3v) is 6.66. The lowest BCUT2D eigenvalue weighted by Gasteiger charge is -2.34. The van der Waals surface area contributed by atoms with Crippen molar-refractivity contribution >= 4 is 34.3 Å². The van der Waals surface area contributed by atoms with E-state index in [4.69, 9.17) is 11.6 Å². The molecule has 0 bridgehead atoms. The van der Waals surface area contributed by atoms with Crippen LogP contribution in [0.3, 0.4) is 0 Å². The van der Waals surface area contributed by atoms with Gasteiger partial charge in [-0.3, -0.25) is 4.40 Å². The lowest BCUT2D eigenvalue weighted by atomic mass is 10.1. The molecule has 0 aliphatic carbocycles. The number of piperazine rings is 1. The number of hydrogen-bond donors (Lipinski definition) is 0. The summed E-state index contributed by atoms with van der Waals surface area (Å²) in [6.45, 7) is 4.42. The molecule has 1 saturated heterocycles. The van der Waals surface area contributed by atoms with Gasteiger partial charge in [0.25, 0.3) is 0 Å². The highest BCUT2D eigenvalue weighted by atomic mass is 35.5. The quantitative estimate of drug-likeness (QED) is 0.469. The Morgan fingerprint density at radius 1 is 0.929 bits per heavy atom. The van der Waals surface area contributed by atoms with Crippen LogP contribution in [0.1, 0.15) is 0 Å². The normalized spacial score (nSPS) is 15.4. The molecule has 4 nitrogen and oxygen atoms in total. The SMILES string of the molecule is CN1CCN(c2ccc(-c3ccn4c(-c5ccc(Cl)s5)cnc4c3)cc2)CC1. The fourth-order valence-electron chi connectivity index (χ4n) is 3.72. The molecule has 0 saturated carbocycles. The van der Waals surface area contributed by atoms with Crippen molar-refractivity contribution in [2.24, 2.45) is 0 Å². The van der Waals surface area contributed by atoms with Crippen molar-refractivity contribution in [3.8, 4) is 21.7 Å². The van der Waals surface area contributed by atoms with Gasteiger partial charge >= 0.3 is 0 Å². The number of anilines is 1. The first-order valence-corrected chi connectivity index (χ1v) is 10.6. The molecule has 0 unspecified atom stereocenters. The Kier molecular flexibility index (Phi) is 4.59. The van der Waals surface area contributed by atoms with E-state index in [1.807, 2.05) is 18.3 Å². The Hall–Kier alpha value is -2.34. The molecule has 0 N–H and O–H groups in total. The molecule has 0 spiro atoms. The van der Waals surface area contributed by atoms with Gasteiger partial charge in [-0.2, -0.15) is 0 Å². The standard InChI is InChI=1S/C22H21ClN4S/c1-25-10-12-26(13-11-25)18-4-2-16(3-5-18)17-8-9-27-19(15-24-22(27)14-17)20-6-7-21(23)28-20/h2-9,14-15H,10-13H2,1H3. The zero-order chi connectivity index (χ0) is 19.1. The Morgan fingerprint density at radius 3 is 2.43 bits per heavy atom. The molecule has 142 valence electrons. The molecule has 1 aliphatic rings. The highest BCUT2D eigenvalue weighted by Crippen LogP contribution is 2.32. The fourth-order valence-corrected chi connectivity index (χ4v) is 4.77. The van der Waals surface area contributed by atoms with Crippen molar-refractivity contribution in [2.45, 2.75) is 0 Å². The maximum Gasteiger partial charge on any atom is 0.137 e. The summed E-state index contributed by atoms with van der Waals surface area (Å²) in [5.74, 6) is 0. The number of imidazole rings is 1. The lowest BCUT2D eigenvalue weighted by molar-refractivity contribution is 0.313. The minimum atomic E-state index is 0.794. The van der Waals surface area contributed by atoms with Gasteiger partial charge in [0, 0.05) is 38.1 Å². The number of aromatic nitrogens is 2. The summed E-state index contributed by atoms with van der Waals surface area (Å²) in [6.07, 6.45) is 4.01. The van der Waals surface area contributed by atoms with Crippen LogP contribution in [-0.4, -0.2) is 47.5 Å². The summed E-state index contributed by atoms with van der Waals surface area (Å²) in [6, 6.07) is 17.1. The molecule has 5 rings (SSSR count). The van der Waals surface area contributed by atoms with E-state index < -0.39 is 0 Å². The number of pyridine rings is 1. The summed E-state index contributed by atoms with van der Waals surface area (Å²) >= 11 is 7.67. The van der Waals surface area contributed by atoms with E-state index in [0.717, 1.165) is 46.7 Å². The van der Waals surface area contributed by atoms with Gasteiger partial charge in [-0.05, 0) is 54.6 Å². The van der Waals surface area contributed by atoms with Crippen molar-refractivity contribution in [2.75, 3.05) is 38.1 Å². The van der Waals surface area contributed by atoms with Gasteiger partial charge in [-0.25, -0.2) is 4.98 Å². The molecular formula is C22H21ClN4S. The number of benzene rings is 1. The molecule has 0 amide bonds. The van der Waals surface area contributed by atoms with Crippen LogP contribution in [0.25, 0.3) is 27.3 Å². The van der Waals surface area contributed by atoms with Crippen molar-refractivity contribution in [3.63, 3.8) is 0 Å². The average molecular weight is 409 g/mol. The molecule has 1 aromatic carbocycles. The van der Waals surface area contributed by atoms with Crippen LogP contribution in [0.2, 0.25) is 4.34 Å². The van der Waals surface area contributed by atoms with E-state index in [9.17, 15) is 0 Å². The van der Waals surface area contributed by atoms with Crippen molar-refractivity contribution in [3.05, 3.63) is 65.3 Å². The highest BCUT2D eigenvalue weighted by molar-refractivity contribution is 7.19. The van der Waals surface area contributed by atoms with E-state index in [1.165, 1.54) is 16.8 Å². The maximum absolute atomic E-state index is 6.09. The molecule has 1 aliphatic heterocycles. The average Bonchev–Trinajstić information content (AvgIpc) is 3.34. The summed E-state index contributed by atoms with van der Waals surface area (Å²) in [4.78, 5) is 10.6. The summed E-state index contributed by atoms with van der Waals surface area (Å²) in [5, 5.41) is 0. The van der Waals surface area contributed by atoms with Gasteiger partial charge < -0.3 is 9.80 Å². The number of halogens is 1. The van der Waals surface area contributed by atoms with Crippen LogP contribution >= 0.6 is 22.9 Å². The predicted molar refractivity (Wildman–Crippen MR) is 119 cm³/mol. The maximum atomic E-state index is 6.09. The highest BCUT2D eigenvalue weighted by Gasteiger charge is 2.14. The van der Waals surface area contributed by atoms with Crippen molar-refractivity contribution < 1.29 is 0 Å². The van der Waals surface area contributed by atoms with E-state index in [1.54, 1.807) is 11.3 Å². The minimum absolute atomic E-state index is 0.794. The first-order valence-electron chi connectivity index (χ1n) is 9.44. The van der Waals surface area contributed by atoms with Gasteiger partial charge in [0.05, 0.1) is 21.1 Å². The number of thiophene rings is 1. The van der Waals surface area contributed by atoms with Crippen LogP contribution in [0.5, 0.6) is 0 Å². The van der Waals surface area contributed by atoms with Crippen molar-refractivity contribution in [1.29, 1.82) is 0 Å². The summed E-state index contributed by atoms with van der Waals surface area (Å²) < 4.78 is 2.91. The molecule has 0 atom stereocenters. The van der Waals surface area contributed by atoms with E-state index in [2.05, 4.69) is 68.8 Å². The zero-order valence-corrected chi connectivity index (χ0v) is 17.2. The van der Waals surface area contributed by atoms with Gasteiger partial charge in [0.1, 0.15) is 5.65 Å². The van der Waals surface area contributed by atoms with Crippen LogP contribution in [-0.2, 0) is 0 Å². The molecule has 0 radical (unpaired) electrons. The Bertz CT molecular complexity index is 1110. The van der Waals surface area contributed by atoms with Crippen LogP contribution in [0, 0.1) is 0 Å². The molecule has 1 fully saturated rings. The van der Waals surface area contributed by atoms with Gasteiger partial charge in [-0.1, -0.05) is 23.7 Å². The second kappa shape index (κ2) is 7.24. The van der Waals surface area contributed by atoms with Crippen LogP contribution in [0.15, 0.2) is 60.9 Å². The molecule has 4 heterocycles.